The second-order valence-corrected chi connectivity index (χ2v) is 12.8. The van der Waals surface area contributed by atoms with Gasteiger partial charge in [0.15, 0.2) is 15.5 Å². The van der Waals surface area contributed by atoms with Gasteiger partial charge < -0.3 is 14.4 Å². The van der Waals surface area contributed by atoms with E-state index in [1.807, 2.05) is 16.8 Å². The molecule has 11 heteroatoms. The van der Waals surface area contributed by atoms with Crippen LogP contribution in [0.2, 0.25) is 0 Å². The van der Waals surface area contributed by atoms with E-state index in [1.165, 1.54) is 0 Å². The first-order valence-electron chi connectivity index (χ1n) is 13.8. The van der Waals surface area contributed by atoms with E-state index in [2.05, 4.69) is 16.7 Å². The van der Waals surface area contributed by atoms with Crippen LogP contribution < -0.4 is 0 Å². The van der Waals surface area contributed by atoms with Crippen LogP contribution in [0, 0.1) is 0 Å². The summed E-state index contributed by atoms with van der Waals surface area (Å²) in [5, 5.41) is 4.92. The van der Waals surface area contributed by atoms with Crippen molar-refractivity contribution in [3.05, 3.63) is 35.5 Å². The van der Waals surface area contributed by atoms with Crippen molar-refractivity contribution in [3.63, 3.8) is 0 Å². The summed E-state index contributed by atoms with van der Waals surface area (Å²) in [6, 6.07) is 7.22. The van der Waals surface area contributed by atoms with E-state index in [1.54, 1.807) is 17.0 Å². The van der Waals surface area contributed by atoms with Crippen molar-refractivity contribution >= 4 is 15.7 Å². The fourth-order valence-electron chi connectivity index (χ4n) is 6.26. The van der Waals surface area contributed by atoms with Gasteiger partial charge in [-0.25, -0.2) is 8.42 Å². The predicted octanol–water partition coefficient (Wildman–Crippen LogP) is 1.67. The monoisotopic (exact) mass is 543 g/mol. The lowest BCUT2D eigenvalue weighted by atomic mass is 10.0. The lowest BCUT2D eigenvalue weighted by Crippen LogP contribution is -2.46. The Morgan fingerprint density at radius 1 is 1.03 bits per heavy atom. The van der Waals surface area contributed by atoms with E-state index in [-0.39, 0.29) is 29.5 Å². The number of amides is 1. The zero-order valence-corrected chi connectivity index (χ0v) is 22.9. The van der Waals surface area contributed by atoms with E-state index < -0.39 is 9.84 Å². The molecular formula is C27H37N5O5S. The van der Waals surface area contributed by atoms with Gasteiger partial charge in [-0.2, -0.15) is 5.10 Å². The third-order valence-corrected chi connectivity index (χ3v) is 9.90. The van der Waals surface area contributed by atoms with Crippen LogP contribution >= 0.6 is 0 Å². The van der Waals surface area contributed by atoms with E-state index in [9.17, 15) is 13.2 Å². The number of hydrogen-bond acceptors (Lipinski definition) is 8. The number of rotatable bonds is 5. The van der Waals surface area contributed by atoms with Gasteiger partial charge in [-0.1, -0.05) is 18.2 Å². The van der Waals surface area contributed by atoms with E-state index in [0.29, 0.717) is 42.3 Å². The molecule has 5 heterocycles. The number of carbonyl (C=O) groups is 1. The summed E-state index contributed by atoms with van der Waals surface area (Å²) in [5.41, 5.74) is 2.27. The summed E-state index contributed by atoms with van der Waals surface area (Å²) in [7, 11) is -3.57. The van der Waals surface area contributed by atoms with Crippen LogP contribution in [0.15, 0.2) is 29.2 Å². The van der Waals surface area contributed by atoms with Crippen molar-refractivity contribution in [3.8, 4) is 11.3 Å². The average molecular weight is 544 g/mol. The molecule has 4 aliphatic rings. The Hall–Kier alpha value is -2.31. The van der Waals surface area contributed by atoms with Crippen molar-refractivity contribution in [1.82, 2.24) is 24.5 Å². The molecule has 3 fully saturated rings. The second-order valence-electron chi connectivity index (χ2n) is 10.9. The van der Waals surface area contributed by atoms with Crippen molar-refractivity contribution in [1.29, 1.82) is 0 Å². The molecule has 0 spiro atoms. The predicted molar refractivity (Wildman–Crippen MR) is 142 cm³/mol. The minimum Gasteiger partial charge on any atom is -0.378 e. The maximum atomic E-state index is 13.6. The van der Waals surface area contributed by atoms with Gasteiger partial charge in [-0.15, -0.1) is 0 Å². The molecule has 0 bridgehead atoms. The number of piperidine rings is 1. The van der Waals surface area contributed by atoms with Gasteiger partial charge in [0.25, 0.3) is 5.91 Å². The van der Waals surface area contributed by atoms with Gasteiger partial charge in [-0.3, -0.25) is 19.3 Å². The molecule has 6 rings (SSSR count). The number of hydrogen-bond donors (Lipinski definition) is 0. The Kier molecular flexibility index (Phi) is 7.30. The number of morpholine rings is 2. The summed E-state index contributed by atoms with van der Waals surface area (Å²) in [5.74, 6) is -0.400. The number of benzene rings is 1. The summed E-state index contributed by atoms with van der Waals surface area (Å²) in [6.45, 7) is 10.6. The van der Waals surface area contributed by atoms with Crippen LogP contribution in [0.25, 0.3) is 11.3 Å². The van der Waals surface area contributed by atoms with Gasteiger partial charge in [0.05, 0.1) is 48.3 Å². The number of likely N-dealkylation sites (tertiary alicyclic amines) is 1. The Morgan fingerprint density at radius 3 is 2.58 bits per heavy atom. The van der Waals surface area contributed by atoms with E-state index in [4.69, 9.17) is 14.6 Å². The highest BCUT2D eigenvalue weighted by Gasteiger charge is 2.39. The van der Waals surface area contributed by atoms with Crippen LogP contribution in [0.4, 0.5) is 0 Å². The van der Waals surface area contributed by atoms with E-state index in [0.717, 1.165) is 64.4 Å². The average Bonchev–Trinajstić information content (AvgIpc) is 3.31. The minimum absolute atomic E-state index is 0.0706. The fourth-order valence-corrected chi connectivity index (χ4v) is 7.85. The second kappa shape index (κ2) is 10.7. The Balaban J connectivity index is 1.31. The smallest absolute Gasteiger partial charge is 0.274 e. The number of aromatic nitrogens is 2. The lowest BCUT2D eigenvalue weighted by Gasteiger charge is -2.37. The molecule has 1 amide bonds. The third-order valence-electron chi connectivity index (χ3n) is 8.21. The van der Waals surface area contributed by atoms with Gasteiger partial charge >= 0.3 is 0 Å². The molecule has 1 aromatic heterocycles. The standard InChI is InChI=1S/C27H37N5O5S/c1-20-17-30(11-16-37-20)10-9-29-8-4-5-21(18-29)32-26-22-6-2-3-7-24(22)38(34,35)19-23(26)25(28-32)27(33)31-12-14-36-15-13-31/h2-3,6-7,20-21H,4-5,8-19H2,1H3/t20-,21-/m0/s1. The third kappa shape index (κ3) is 5.02. The molecular weight excluding hydrogens is 506 g/mol. The maximum absolute atomic E-state index is 13.6. The normalized spacial score (nSPS) is 26.1. The molecule has 2 atom stereocenters. The summed E-state index contributed by atoms with van der Waals surface area (Å²) < 4.78 is 39.7. The van der Waals surface area contributed by atoms with Gasteiger partial charge in [-0.05, 0) is 32.4 Å². The quantitative estimate of drug-likeness (QED) is 0.562. The molecule has 0 radical (unpaired) electrons. The topological polar surface area (TPSA) is 97.2 Å². The first-order valence-corrected chi connectivity index (χ1v) is 15.4. The van der Waals surface area contributed by atoms with Crippen molar-refractivity contribution in [2.45, 2.75) is 42.6 Å². The molecule has 0 aliphatic carbocycles. The zero-order valence-electron chi connectivity index (χ0n) is 22.0. The highest BCUT2D eigenvalue weighted by molar-refractivity contribution is 7.90. The van der Waals surface area contributed by atoms with Crippen LogP contribution in [0.1, 0.15) is 41.9 Å². The highest BCUT2D eigenvalue weighted by Crippen LogP contribution is 2.41. The molecule has 1 aromatic carbocycles. The maximum Gasteiger partial charge on any atom is 0.274 e. The Labute approximate surface area is 224 Å². The van der Waals surface area contributed by atoms with Crippen LogP contribution in [-0.2, 0) is 25.1 Å². The summed E-state index contributed by atoms with van der Waals surface area (Å²) in [4.78, 5) is 20.6. The molecule has 0 N–H and O–H groups in total. The molecule has 0 saturated carbocycles. The van der Waals surface area contributed by atoms with Gasteiger partial charge in [0.1, 0.15) is 0 Å². The molecule has 3 saturated heterocycles. The molecule has 2 aromatic rings. The first kappa shape index (κ1) is 25.9. The van der Waals surface area contributed by atoms with Crippen molar-refractivity contribution in [2.75, 3.05) is 72.2 Å². The molecule has 4 aliphatic heterocycles. The number of carbonyl (C=O) groups excluding carboxylic acids is 1. The Bertz CT molecular complexity index is 1290. The molecule has 38 heavy (non-hydrogen) atoms. The van der Waals surface area contributed by atoms with Crippen LogP contribution in [0.5, 0.6) is 0 Å². The SMILES string of the molecule is C[C@H]1CN(CCN2CCC[C@H](n3nc(C(=O)N4CCOCC4)c4c3-c3ccccc3S(=O)(=O)C4)C2)CCO1. The van der Waals surface area contributed by atoms with Crippen molar-refractivity contribution in [2.24, 2.45) is 0 Å². The fraction of sp³-hybridized carbons (Fsp3) is 0.630. The molecule has 206 valence electrons. The number of ether oxygens (including phenoxy) is 2. The highest BCUT2D eigenvalue weighted by atomic mass is 32.2. The van der Waals surface area contributed by atoms with E-state index >= 15 is 0 Å². The number of fused-ring (bicyclic) bond motifs is 3. The van der Waals surface area contributed by atoms with Crippen LogP contribution in [-0.4, -0.2) is 117 Å². The minimum atomic E-state index is -3.57. The largest absolute Gasteiger partial charge is 0.378 e. The summed E-state index contributed by atoms with van der Waals surface area (Å²) >= 11 is 0. The van der Waals surface area contributed by atoms with Crippen LogP contribution in [0.3, 0.4) is 0 Å². The number of nitrogens with zero attached hydrogens (tertiary/aromatic N) is 5. The first-order chi connectivity index (χ1) is 18.4. The number of sulfone groups is 1. The van der Waals surface area contributed by atoms with Crippen molar-refractivity contribution < 1.29 is 22.7 Å². The van der Waals surface area contributed by atoms with Gasteiger partial charge in [0.2, 0.25) is 0 Å². The molecule has 10 nitrogen and oxygen atoms in total. The zero-order chi connectivity index (χ0) is 26.3. The van der Waals surface area contributed by atoms with Gasteiger partial charge in [0, 0.05) is 56.9 Å². The molecule has 0 unspecified atom stereocenters. The summed E-state index contributed by atoms with van der Waals surface area (Å²) in [6.07, 6.45) is 2.25. The Morgan fingerprint density at radius 2 is 1.79 bits per heavy atom. The lowest BCUT2D eigenvalue weighted by molar-refractivity contribution is -0.0216.